The number of amides is 1. The zero-order valence-corrected chi connectivity index (χ0v) is 15.1. The molecule has 1 amide bonds. The van der Waals surface area contributed by atoms with Crippen LogP contribution < -0.4 is 10.5 Å². The molecule has 1 aromatic heterocycles. The lowest BCUT2D eigenvalue weighted by atomic mass is 10.1. The summed E-state index contributed by atoms with van der Waals surface area (Å²) in [5.74, 6) is -2.83. The molecule has 6 nitrogen and oxygen atoms in total. The minimum atomic E-state index is -5.04. The van der Waals surface area contributed by atoms with Crippen molar-refractivity contribution in [2.24, 2.45) is 0 Å². The summed E-state index contributed by atoms with van der Waals surface area (Å²) in [5, 5.41) is 9.87. The van der Waals surface area contributed by atoms with Gasteiger partial charge >= 0.3 is 12.4 Å². The van der Waals surface area contributed by atoms with Crippen LogP contribution in [-0.4, -0.2) is 21.0 Å². The van der Waals surface area contributed by atoms with Gasteiger partial charge in [0, 0.05) is 0 Å². The van der Waals surface area contributed by atoms with Crippen LogP contribution in [0.25, 0.3) is 0 Å². The standard InChI is InChI=1S/C19H11F6N3O3/c20-18(21,22)10-5-1-3-7-12(10)28(13-8-4-2-6-11(13)19(23,24)25)17(31)14-15(29)16(30)27-9-26-14/h1-9,29H,(H,26,27,30). The van der Waals surface area contributed by atoms with E-state index < -0.39 is 57.8 Å². The van der Waals surface area contributed by atoms with E-state index in [1.54, 1.807) is 0 Å². The maximum atomic E-state index is 13.6. The molecule has 0 aliphatic heterocycles. The fourth-order valence-corrected chi connectivity index (χ4v) is 2.82. The number of aromatic nitrogens is 2. The van der Waals surface area contributed by atoms with E-state index in [9.17, 15) is 41.0 Å². The van der Waals surface area contributed by atoms with Crippen molar-refractivity contribution in [1.82, 2.24) is 9.97 Å². The van der Waals surface area contributed by atoms with E-state index in [1.807, 2.05) is 4.98 Å². The third kappa shape index (κ3) is 4.22. The number of carbonyl (C=O) groups excluding carboxylic acids is 1. The summed E-state index contributed by atoms with van der Waals surface area (Å²) < 4.78 is 81.5. The molecule has 0 saturated carbocycles. The number of nitrogens with zero attached hydrogens (tertiary/aromatic N) is 2. The van der Waals surface area contributed by atoms with Crippen LogP contribution in [0.1, 0.15) is 21.6 Å². The van der Waals surface area contributed by atoms with Crippen LogP contribution in [0.5, 0.6) is 5.75 Å². The number of para-hydroxylation sites is 2. The molecule has 3 rings (SSSR count). The molecule has 3 aromatic rings. The molecule has 0 unspecified atom stereocenters. The molecule has 0 radical (unpaired) electrons. The Labute approximate surface area is 169 Å². The fraction of sp³-hybridized carbons (Fsp3) is 0.105. The van der Waals surface area contributed by atoms with Gasteiger partial charge in [-0.05, 0) is 24.3 Å². The molecule has 1 heterocycles. The predicted molar refractivity (Wildman–Crippen MR) is 95.9 cm³/mol. The van der Waals surface area contributed by atoms with Gasteiger partial charge in [0.05, 0.1) is 28.8 Å². The fourth-order valence-electron chi connectivity index (χ4n) is 2.82. The van der Waals surface area contributed by atoms with Gasteiger partial charge in [0.1, 0.15) is 0 Å². The molecule has 0 fully saturated rings. The van der Waals surface area contributed by atoms with Gasteiger partial charge in [-0.3, -0.25) is 14.5 Å². The number of nitrogens with one attached hydrogen (secondary N) is 1. The second-order valence-electron chi connectivity index (χ2n) is 6.10. The quantitative estimate of drug-likeness (QED) is 0.584. The average Bonchev–Trinajstić information content (AvgIpc) is 2.69. The second kappa shape index (κ2) is 7.78. The number of benzene rings is 2. The van der Waals surface area contributed by atoms with E-state index in [-0.39, 0.29) is 4.90 Å². The normalized spacial score (nSPS) is 11.9. The summed E-state index contributed by atoms with van der Waals surface area (Å²) in [4.78, 5) is 30.2. The van der Waals surface area contributed by atoms with Crippen LogP contribution in [0.3, 0.4) is 0 Å². The lowest BCUT2D eigenvalue weighted by Gasteiger charge is -2.28. The number of H-pyrrole nitrogens is 1. The summed E-state index contributed by atoms with van der Waals surface area (Å²) in [5.41, 5.74) is -6.95. The lowest BCUT2D eigenvalue weighted by molar-refractivity contribution is -0.137. The van der Waals surface area contributed by atoms with E-state index in [2.05, 4.69) is 4.98 Å². The average molecular weight is 443 g/mol. The van der Waals surface area contributed by atoms with Gasteiger partial charge in [-0.1, -0.05) is 24.3 Å². The minimum absolute atomic E-state index is 0.118. The van der Waals surface area contributed by atoms with Crippen molar-refractivity contribution in [1.29, 1.82) is 0 Å². The Hall–Kier alpha value is -3.83. The van der Waals surface area contributed by atoms with Crippen LogP contribution in [0.2, 0.25) is 0 Å². The zero-order valence-electron chi connectivity index (χ0n) is 15.1. The molecular formula is C19H11F6N3O3. The van der Waals surface area contributed by atoms with Gasteiger partial charge in [0.2, 0.25) is 5.75 Å². The molecule has 12 heteroatoms. The van der Waals surface area contributed by atoms with E-state index in [0.29, 0.717) is 18.5 Å². The number of hydrogen-bond donors (Lipinski definition) is 2. The molecular weight excluding hydrogens is 432 g/mol. The van der Waals surface area contributed by atoms with E-state index in [0.717, 1.165) is 36.4 Å². The number of halogens is 6. The minimum Gasteiger partial charge on any atom is -0.501 e. The van der Waals surface area contributed by atoms with Gasteiger partial charge in [-0.15, -0.1) is 0 Å². The number of alkyl halides is 6. The molecule has 0 atom stereocenters. The molecule has 0 aliphatic rings. The second-order valence-corrected chi connectivity index (χ2v) is 6.10. The van der Waals surface area contributed by atoms with Gasteiger partial charge in [0.15, 0.2) is 5.69 Å². The lowest BCUT2D eigenvalue weighted by Crippen LogP contribution is -2.32. The number of rotatable bonds is 3. The first kappa shape index (κ1) is 21.9. The van der Waals surface area contributed by atoms with Gasteiger partial charge < -0.3 is 10.1 Å². The maximum absolute atomic E-state index is 13.6. The Morgan fingerprint density at radius 1 is 0.871 bits per heavy atom. The molecule has 0 saturated heterocycles. The highest BCUT2D eigenvalue weighted by atomic mass is 19.4. The van der Waals surface area contributed by atoms with Gasteiger partial charge in [-0.2, -0.15) is 26.3 Å². The van der Waals surface area contributed by atoms with Crippen LogP contribution >= 0.6 is 0 Å². The van der Waals surface area contributed by atoms with Crippen molar-refractivity contribution in [3.63, 3.8) is 0 Å². The number of aromatic hydroxyl groups is 1. The highest BCUT2D eigenvalue weighted by Gasteiger charge is 2.41. The van der Waals surface area contributed by atoms with Crippen molar-refractivity contribution in [3.8, 4) is 5.75 Å². The molecule has 0 aliphatic carbocycles. The van der Waals surface area contributed by atoms with Crippen LogP contribution in [0.15, 0.2) is 59.7 Å². The Kier molecular flexibility index (Phi) is 5.49. The molecule has 2 aromatic carbocycles. The molecule has 0 spiro atoms. The maximum Gasteiger partial charge on any atom is 0.418 e. The summed E-state index contributed by atoms with van der Waals surface area (Å²) >= 11 is 0. The van der Waals surface area contributed by atoms with Crippen molar-refractivity contribution in [3.05, 3.63) is 82.0 Å². The van der Waals surface area contributed by atoms with Crippen molar-refractivity contribution >= 4 is 17.3 Å². The topological polar surface area (TPSA) is 86.3 Å². The third-order valence-corrected chi connectivity index (χ3v) is 4.14. The Morgan fingerprint density at radius 3 is 1.77 bits per heavy atom. The van der Waals surface area contributed by atoms with Crippen LogP contribution in [0, 0.1) is 0 Å². The van der Waals surface area contributed by atoms with E-state index in [4.69, 9.17) is 0 Å². The first-order chi connectivity index (χ1) is 14.4. The van der Waals surface area contributed by atoms with Gasteiger partial charge in [-0.25, -0.2) is 4.98 Å². The number of hydrogen-bond acceptors (Lipinski definition) is 4. The number of anilines is 2. The number of carbonyl (C=O) groups is 1. The van der Waals surface area contributed by atoms with Crippen LogP contribution in [0.4, 0.5) is 37.7 Å². The molecule has 0 bridgehead atoms. The van der Waals surface area contributed by atoms with Crippen LogP contribution in [-0.2, 0) is 12.4 Å². The van der Waals surface area contributed by atoms with E-state index >= 15 is 0 Å². The summed E-state index contributed by atoms with van der Waals surface area (Å²) in [7, 11) is 0. The summed E-state index contributed by atoms with van der Waals surface area (Å²) in [6, 6.07) is 6.91. The third-order valence-electron chi connectivity index (χ3n) is 4.14. The first-order valence-corrected chi connectivity index (χ1v) is 8.36. The molecule has 162 valence electrons. The van der Waals surface area contributed by atoms with E-state index in [1.165, 1.54) is 0 Å². The SMILES string of the molecule is O=C(c1nc[nH]c(=O)c1O)N(c1ccccc1C(F)(F)F)c1ccccc1C(F)(F)F. The highest BCUT2D eigenvalue weighted by molar-refractivity contribution is 6.12. The largest absolute Gasteiger partial charge is 0.501 e. The number of aromatic amines is 1. The first-order valence-electron chi connectivity index (χ1n) is 8.36. The Bertz CT molecular complexity index is 1130. The monoisotopic (exact) mass is 443 g/mol. The Balaban J connectivity index is 2.37. The predicted octanol–water partition coefficient (Wildman–Crippen LogP) is 4.49. The Morgan fingerprint density at radius 2 is 1.32 bits per heavy atom. The smallest absolute Gasteiger partial charge is 0.418 e. The zero-order chi connectivity index (χ0) is 23.0. The highest BCUT2D eigenvalue weighted by Crippen LogP contribution is 2.44. The summed E-state index contributed by atoms with van der Waals surface area (Å²) in [6.45, 7) is 0. The molecule has 31 heavy (non-hydrogen) atoms. The molecule has 2 N–H and O–H groups in total. The van der Waals surface area contributed by atoms with Gasteiger partial charge in [0.25, 0.3) is 11.5 Å². The van der Waals surface area contributed by atoms with Crippen molar-refractivity contribution in [2.45, 2.75) is 12.4 Å². The van der Waals surface area contributed by atoms with Crippen molar-refractivity contribution in [2.75, 3.05) is 4.90 Å². The van der Waals surface area contributed by atoms with Crippen molar-refractivity contribution < 1.29 is 36.2 Å². The summed E-state index contributed by atoms with van der Waals surface area (Å²) in [6.07, 6.45) is -9.39.